The van der Waals surface area contributed by atoms with E-state index in [2.05, 4.69) is 4.72 Å². The quantitative estimate of drug-likeness (QED) is 0.829. The molecule has 1 fully saturated rings. The Balaban J connectivity index is 1.97. The Morgan fingerprint density at radius 2 is 2.35 bits per heavy atom. The minimum Gasteiger partial charge on any atom is -0.447 e. The predicted molar refractivity (Wildman–Crippen MR) is 67.2 cm³/mol. The zero-order valence-corrected chi connectivity index (χ0v) is 11.0. The molecule has 1 unspecified atom stereocenters. The van der Waals surface area contributed by atoms with Crippen molar-refractivity contribution in [3.63, 3.8) is 0 Å². The van der Waals surface area contributed by atoms with Crippen molar-refractivity contribution in [3.8, 4) is 0 Å². The van der Waals surface area contributed by atoms with Crippen LogP contribution in [0.4, 0.5) is 0 Å². The average molecular weight is 276 g/mol. The molecule has 1 atom stereocenters. The van der Waals surface area contributed by atoms with Gasteiger partial charge in [0.1, 0.15) is 5.76 Å². The molecule has 1 saturated heterocycles. The van der Waals surface area contributed by atoms with E-state index in [4.69, 9.17) is 10.2 Å². The van der Waals surface area contributed by atoms with Gasteiger partial charge in [0.15, 0.2) is 0 Å². The standard InChI is InChI=1S/C10H16N2O3S2/c11-5-9-1-2-10(15-9)17(13,14)12-6-8-3-4-16-7-8/h1-2,8,12H,3-7,11H2. The fraction of sp³-hybridized carbons (Fsp3) is 0.600. The van der Waals surface area contributed by atoms with Gasteiger partial charge in [-0.1, -0.05) is 0 Å². The highest BCUT2D eigenvalue weighted by Gasteiger charge is 2.22. The molecule has 5 nitrogen and oxygen atoms in total. The molecular weight excluding hydrogens is 260 g/mol. The zero-order valence-electron chi connectivity index (χ0n) is 9.39. The molecule has 0 bridgehead atoms. The zero-order chi connectivity index (χ0) is 12.3. The fourth-order valence-electron chi connectivity index (χ4n) is 1.66. The van der Waals surface area contributed by atoms with Crippen molar-refractivity contribution in [3.05, 3.63) is 17.9 Å². The number of rotatable bonds is 5. The highest BCUT2D eigenvalue weighted by Crippen LogP contribution is 2.23. The molecule has 96 valence electrons. The summed E-state index contributed by atoms with van der Waals surface area (Å²) >= 11 is 1.86. The molecule has 2 rings (SSSR count). The maximum atomic E-state index is 11.9. The second-order valence-electron chi connectivity index (χ2n) is 4.01. The highest BCUT2D eigenvalue weighted by molar-refractivity contribution is 7.99. The third-order valence-corrected chi connectivity index (χ3v) is 5.22. The lowest BCUT2D eigenvalue weighted by Crippen LogP contribution is -2.29. The molecule has 0 aromatic carbocycles. The van der Waals surface area contributed by atoms with Crippen LogP contribution in [0.1, 0.15) is 12.2 Å². The van der Waals surface area contributed by atoms with Crippen molar-refractivity contribution in [2.75, 3.05) is 18.1 Å². The van der Waals surface area contributed by atoms with Crippen molar-refractivity contribution in [1.82, 2.24) is 4.72 Å². The van der Waals surface area contributed by atoms with Gasteiger partial charge in [-0.3, -0.25) is 0 Å². The van der Waals surface area contributed by atoms with Crippen LogP contribution in [-0.4, -0.2) is 26.5 Å². The third-order valence-electron chi connectivity index (χ3n) is 2.69. The Labute approximate surface area is 105 Å². The summed E-state index contributed by atoms with van der Waals surface area (Å²) in [6.45, 7) is 0.683. The van der Waals surface area contributed by atoms with E-state index < -0.39 is 10.0 Å². The van der Waals surface area contributed by atoms with Crippen molar-refractivity contribution in [1.29, 1.82) is 0 Å². The number of furan rings is 1. The molecule has 1 aromatic heterocycles. The summed E-state index contributed by atoms with van der Waals surface area (Å²) in [6, 6.07) is 3.02. The van der Waals surface area contributed by atoms with Gasteiger partial charge in [0.25, 0.3) is 10.0 Å². The molecule has 0 radical (unpaired) electrons. The summed E-state index contributed by atoms with van der Waals surface area (Å²) in [7, 11) is -3.52. The second-order valence-corrected chi connectivity index (χ2v) is 6.85. The van der Waals surface area contributed by atoms with Crippen LogP contribution in [0.15, 0.2) is 21.6 Å². The summed E-state index contributed by atoms with van der Waals surface area (Å²) in [5.74, 6) is 3.04. The summed E-state index contributed by atoms with van der Waals surface area (Å²) in [5, 5.41) is -0.0522. The lowest BCUT2D eigenvalue weighted by Gasteiger charge is -2.08. The molecule has 1 aromatic rings. The SMILES string of the molecule is NCc1ccc(S(=O)(=O)NCC2CCSC2)o1. The number of thioether (sulfide) groups is 1. The van der Waals surface area contributed by atoms with Crippen LogP contribution >= 0.6 is 11.8 Å². The summed E-state index contributed by atoms with van der Waals surface area (Å²) in [4.78, 5) is 0. The van der Waals surface area contributed by atoms with E-state index in [0.29, 0.717) is 18.2 Å². The lowest BCUT2D eigenvalue weighted by atomic mass is 10.1. The van der Waals surface area contributed by atoms with Gasteiger partial charge in [-0.25, -0.2) is 13.1 Å². The van der Waals surface area contributed by atoms with E-state index >= 15 is 0 Å². The van der Waals surface area contributed by atoms with Crippen molar-refractivity contribution < 1.29 is 12.8 Å². The van der Waals surface area contributed by atoms with Crippen LogP contribution in [-0.2, 0) is 16.6 Å². The molecule has 2 heterocycles. The first-order chi connectivity index (χ1) is 8.12. The summed E-state index contributed by atoms with van der Waals surface area (Å²) in [5.41, 5.74) is 5.37. The van der Waals surface area contributed by atoms with Gasteiger partial charge in [-0.05, 0) is 36.0 Å². The van der Waals surface area contributed by atoms with Crippen LogP contribution in [0.3, 0.4) is 0 Å². The first kappa shape index (κ1) is 12.9. The van der Waals surface area contributed by atoms with Crippen LogP contribution in [0.25, 0.3) is 0 Å². The molecule has 3 N–H and O–H groups in total. The number of hydrogen-bond acceptors (Lipinski definition) is 5. The normalized spacial score (nSPS) is 20.9. The van der Waals surface area contributed by atoms with Crippen molar-refractivity contribution in [2.45, 2.75) is 18.1 Å². The Hall–Kier alpha value is -0.500. The average Bonchev–Trinajstić information content (AvgIpc) is 2.98. The monoisotopic (exact) mass is 276 g/mol. The van der Waals surface area contributed by atoms with E-state index in [-0.39, 0.29) is 11.6 Å². The highest BCUT2D eigenvalue weighted by atomic mass is 32.2. The summed E-state index contributed by atoms with van der Waals surface area (Å²) in [6.07, 6.45) is 1.07. The molecule has 0 spiro atoms. The minimum absolute atomic E-state index is 0.0522. The van der Waals surface area contributed by atoms with E-state index in [0.717, 1.165) is 17.9 Å². The van der Waals surface area contributed by atoms with Gasteiger partial charge in [-0.15, -0.1) is 0 Å². The van der Waals surface area contributed by atoms with Gasteiger partial charge in [0, 0.05) is 6.54 Å². The fourth-order valence-corrected chi connectivity index (χ4v) is 4.00. The van der Waals surface area contributed by atoms with Crippen LogP contribution < -0.4 is 10.5 Å². The van der Waals surface area contributed by atoms with Gasteiger partial charge in [0.2, 0.25) is 5.09 Å². The molecular formula is C10H16N2O3S2. The Morgan fingerprint density at radius 3 is 2.94 bits per heavy atom. The van der Waals surface area contributed by atoms with Crippen molar-refractivity contribution in [2.24, 2.45) is 11.7 Å². The number of hydrogen-bond donors (Lipinski definition) is 2. The smallest absolute Gasteiger partial charge is 0.273 e. The topological polar surface area (TPSA) is 85.3 Å². The van der Waals surface area contributed by atoms with Crippen LogP contribution in [0.2, 0.25) is 0 Å². The van der Waals surface area contributed by atoms with Crippen LogP contribution in [0, 0.1) is 5.92 Å². The molecule has 0 saturated carbocycles. The Morgan fingerprint density at radius 1 is 1.53 bits per heavy atom. The molecule has 1 aliphatic rings. The molecule has 1 aliphatic heterocycles. The van der Waals surface area contributed by atoms with Crippen LogP contribution in [0.5, 0.6) is 0 Å². The minimum atomic E-state index is -3.52. The van der Waals surface area contributed by atoms with E-state index in [1.807, 2.05) is 11.8 Å². The first-order valence-corrected chi connectivity index (χ1v) is 8.12. The Kier molecular flexibility index (Phi) is 4.13. The second kappa shape index (κ2) is 5.43. The predicted octanol–water partition coefficient (Wildman–Crippen LogP) is 0.770. The van der Waals surface area contributed by atoms with E-state index in [9.17, 15) is 8.42 Å². The molecule has 17 heavy (non-hydrogen) atoms. The number of nitrogens with one attached hydrogen (secondary N) is 1. The van der Waals surface area contributed by atoms with Gasteiger partial charge in [0.05, 0.1) is 6.54 Å². The van der Waals surface area contributed by atoms with E-state index in [1.165, 1.54) is 6.07 Å². The molecule has 0 amide bonds. The number of sulfonamides is 1. The summed E-state index contributed by atoms with van der Waals surface area (Å²) < 4.78 is 31.4. The van der Waals surface area contributed by atoms with Gasteiger partial charge in [-0.2, -0.15) is 11.8 Å². The maximum absolute atomic E-state index is 11.9. The molecule has 0 aliphatic carbocycles. The van der Waals surface area contributed by atoms with Gasteiger partial charge >= 0.3 is 0 Å². The maximum Gasteiger partial charge on any atom is 0.273 e. The van der Waals surface area contributed by atoms with E-state index in [1.54, 1.807) is 6.07 Å². The Bertz CT molecular complexity index is 464. The molecule has 7 heteroatoms. The largest absolute Gasteiger partial charge is 0.447 e. The number of nitrogens with two attached hydrogens (primary N) is 1. The lowest BCUT2D eigenvalue weighted by molar-refractivity contribution is 0.411. The third kappa shape index (κ3) is 3.25. The van der Waals surface area contributed by atoms with Crippen molar-refractivity contribution >= 4 is 21.8 Å². The first-order valence-electron chi connectivity index (χ1n) is 5.48. The van der Waals surface area contributed by atoms with Gasteiger partial charge < -0.3 is 10.2 Å².